The number of ether oxygens (including phenoxy) is 3. The van der Waals surface area contributed by atoms with Gasteiger partial charge in [-0.1, -0.05) is 36.4 Å². The second-order valence-electron chi connectivity index (χ2n) is 9.70. The zero-order chi connectivity index (χ0) is 25.1. The number of amides is 1. The third-order valence-corrected chi connectivity index (χ3v) is 7.38. The molecule has 1 amide bonds. The van der Waals surface area contributed by atoms with Crippen molar-refractivity contribution < 1.29 is 23.7 Å². The summed E-state index contributed by atoms with van der Waals surface area (Å²) in [6.45, 7) is 2.80. The predicted octanol–water partition coefficient (Wildman–Crippen LogP) is 3.88. The van der Waals surface area contributed by atoms with Crippen LogP contribution in [0.5, 0.6) is 11.5 Å². The lowest BCUT2D eigenvalue weighted by Gasteiger charge is -2.45. The average Bonchev–Trinajstić information content (AvgIpc) is 2.91. The molecule has 5 rings (SSSR count). The summed E-state index contributed by atoms with van der Waals surface area (Å²) in [4.78, 5) is 13.4. The molecule has 0 bridgehead atoms. The zero-order valence-corrected chi connectivity index (χ0v) is 20.9. The highest BCUT2D eigenvalue weighted by Gasteiger charge is 2.40. The maximum absolute atomic E-state index is 13.4. The van der Waals surface area contributed by atoms with E-state index in [2.05, 4.69) is 12.2 Å². The Morgan fingerprint density at radius 2 is 1.64 bits per heavy atom. The molecule has 0 N–H and O–H groups in total. The third-order valence-electron chi connectivity index (χ3n) is 7.38. The molecule has 0 radical (unpaired) electrons. The topological polar surface area (TPSA) is 83.4 Å². The van der Waals surface area contributed by atoms with E-state index in [0.717, 1.165) is 28.8 Å². The number of benzene rings is 2. The normalized spacial score (nSPS) is 23.1. The molecule has 0 saturated carbocycles. The van der Waals surface area contributed by atoms with Crippen LogP contribution in [0, 0.1) is 17.0 Å². The maximum atomic E-state index is 13.4. The molecule has 36 heavy (non-hydrogen) atoms. The van der Waals surface area contributed by atoms with Crippen LogP contribution in [0.25, 0.3) is 0 Å². The predicted molar refractivity (Wildman–Crippen MR) is 136 cm³/mol. The first-order valence-electron chi connectivity index (χ1n) is 12.5. The summed E-state index contributed by atoms with van der Waals surface area (Å²) in [5, 5.41) is 19.4. The van der Waals surface area contributed by atoms with E-state index in [1.807, 2.05) is 42.5 Å². The highest BCUT2D eigenvalue weighted by molar-refractivity contribution is 6.07. The molecule has 0 spiro atoms. The van der Waals surface area contributed by atoms with Crippen LogP contribution in [-0.4, -0.2) is 61.8 Å². The van der Waals surface area contributed by atoms with Crippen molar-refractivity contribution in [3.63, 3.8) is 0 Å². The van der Waals surface area contributed by atoms with Gasteiger partial charge in [-0.25, -0.2) is 5.01 Å². The lowest BCUT2D eigenvalue weighted by molar-refractivity contribution is -0.901. The van der Waals surface area contributed by atoms with E-state index in [9.17, 15) is 10.0 Å². The summed E-state index contributed by atoms with van der Waals surface area (Å²) in [6, 6.07) is 13.8. The van der Waals surface area contributed by atoms with Crippen LogP contribution >= 0.6 is 0 Å². The van der Waals surface area contributed by atoms with Crippen LogP contribution in [-0.2, 0) is 22.6 Å². The summed E-state index contributed by atoms with van der Waals surface area (Å²) in [5.74, 6) is 1.24. The molecule has 8 nitrogen and oxygen atoms in total. The van der Waals surface area contributed by atoms with E-state index in [-0.39, 0.29) is 22.4 Å². The molecule has 1 fully saturated rings. The van der Waals surface area contributed by atoms with Crippen LogP contribution in [0.4, 0.5) is 0 Å². The molecular weight excluding hydrogens is 458 g/mol. The first-order chi connectivity index (χ1) is 17.5. The number of hydrogen-bond donors (Lipinski definition) is 0. The van der Waals surface area contributed by atoms with Crippen molar-refractivity contribution in [1.82, 2.24) is 5.01 Å². The molecule has 1 saturated heterocycles. The number of methoxy groups -OCH3 is 2. The van der Waals surface area contributed by atoms with Crippen molar-refractivity contribution in [3.05, 3.63) is 76.5 Å². The Morgan fingerprint density at radius 3 is 2.33 bits per heavy atom. The van der Waals surface area contributed by atoms with Gasteiger partial charge in [-0.3, -0.25) is 4.79 Å². The number of carbonyl (C=O) groups is 1. The van der Waals surface area contributed by atoms with Crippen molar-refractivity contribution in [2.24, 2.45) is 16.9 Å². The Bertz CT molecular complexity index is 1150. The fraction of sp³-hybridized carbons (Fsp3) is 0.429. The van der Waals surface area contributed by atoms with Crippen molar-refractivity contribution in [2.75, 3.05) is 40.5 Å². The van der Waals surface area contributed by atoms with Crippen LogP contribution in [0.2, 0.25) is 0 Å². The van der Waals surface area contributed by atoms with Crippen LogP contribution in [0.15, 0.2) is 59.7 Å². The number of morpholine rings is 1. The number of hydroxylamine groups is 3. The number of nitrogens with zero attached hydrogens (tertiary/aromatic N) is 3. The number of allylic oxidation sites excluding steroid dienone is 2. The van der Waals surface area contributed by atoms with Gasteiger partial charge < -0.3 is 24.1 Å². The molecular formula is C28H33N3O5. The summed E-state index contributed by atoms with van der Waals surface area (Å²) in [7, 11) is 3.23. The van der Waals surface area contributed by atoms with E-state index < -0.39 is 0 Å². The quantitative estimate of drug-likeness (QED) is 0.334. The molecule has 2 aliphatic heterocycles. The van der Waals surface area contributed by atoms with E-state index >= 15 is 0 Å². The molecule has 2 aromatic rings. The molecule has 190 valence electrons. The summed E-state index contributed by atoms with van der Waals surface area (Å²) < 4.78 is 16.0. The van der Waals surface area contributed by atoms with Crippen LogP contribution in [0.3, 0.4) is 0 Å². The second kappa shape index (κ2) is 10.4. The third kappa shape index (κ3) is 5.02. The van der Waals surface area contributed by atoms with E-state index in [0.29, 0.717) is 57.3 Å². The van der Waals surface area contributed by atoms with Crippen LogP contribution in [0.1, 0.15) is 29.5 Å². The van der Waals surface area contributed by atoms with Gasteiger partial charge in [-0.05, 0) is 36.6 Å². The van der Waals surface area contributed by atoms with Gasteiger partial charge in [0, 0.05) is 17.0 Å². The Labute approximate surface area is 211 Å². The number of carbonyl (C=O) groups excluding carboxylic acids is 1. The molecule has 8 heteroatoms. The van der Waals surface area contributed by atoms with Gasteiger partial charge >= 0.3 is 0 Å². The molecule has 2 atom stereocenters. The minimum Gasteiger partial charge on any atom is -0.632 e. The largest absolute Gasteiger partial charge is 0.632 e. The summed E-state index contributed by atoms with van der Waals surface area (Å²) >= 11 is 0. The smallest absolute Gasteiger partial charge is 0.247 e. The van der Waals surface area contributed by atoms with Crippen molar-refractivity contribution >= 4 is 11.6 Å². The van der Waals surface area contributed by atoms with Gasteiger partial charge in [0.15, 0.2) is 11.5 Å². The molecule has 1 aliphatic carbocycles. The van der Waals surface area contributed by atoms with Crippen molar-refractivity contribution in [1.29, 1.82) is 0 Å². The maximum Gasteiger partial charge on any atom is 0.247 e. The van der Waals surface area contributed by atoms with Gasteiger partial charge in [-0.15, -0.1) is 0 Å². The van der Waals surface area contributed by atoms with Crippen LogP contribution < -0.4 is 9.47 Å². The standard InChI is InChI=1S/C28H33N3O5/c1-34-25-12-11-22(17-26(25)35-2)27-23-5-3-4-6-24(23)28(32)30(29-27)18-20-7-9-21(10-8-20)19-31(33)13-15-36-16-14-31/h3-4,7-12,17,23-24H,5-6,13-16,18-19H2,1-2H3. The first kappa shape index (κ1) is 24.5. The van der Waals surface area contributed by atoms with Gasteiger partial charge in [0.1, 0.15) is 19.6 Å². The van der Waals surface area contributed by atoms with E-state index in [1.165, 1.54) is 0 Å². The molecule has 2 heterocycles. The van der Waals surface area contributed by atoms with Gasteiger partial charge in [0.25, 0.3) is 0 Å². The molecule has 0 aromatic heterocycles. The fourth-order valence-corrected chi connectivity index (χ4v) is 5.30. The van der Waals surface area contributed by atoms with E-state index in [4.69, 9.17) is 19.3 Å². The highest BCUT2D eigenvalue weighted by Crippen LogP contribution is 2.37. The Hall–Kier alpha value is -3.20. The lowest BCUT2D eigenvalue weighted by Crippen LogP contribution is -2.49. The van der Waals surface area contributed by atoms with Crippen molar-refractivity contribution in [3.8, 4) is 11.5 Å². The number of fused-ring (bicyclic) bond motifs is 1. The summed E-state index contributed by atoms with van der Waals surface area (Å²) in [6.07, 6.45) is 5.72. The molecule has 3 aliphatic rings. The Kier molecular flexibility index (Phi) is 7.09. The first-order valence-corrected chi connectivity index (χ1v) is 12.5. The summed E-state index contributed by atoms with van der Waals surface area (Å²) in [5.41, 5.74) is 3.80. The number of rotatable bonds is 7. The molecule has 2 aromatic carbocycles. The van der Waals surface area contributed by atoms with Gasteiger partial charge in [-0.2, -0.15) is 5.10 Å². The monoisotopic (exact) mass is 491 g/mol. The van der Waals surface area contributed by atoms with E-state index in [1.54, 1.807) is 19.2 Å². The lowest BCUT2D eigenvalue weighted by atomic mass is 9.76. The Morgan fingerprint density at radius 1 is 0.972 bits per heavy atom. The van der Waals surface area contributed by atoms with Gasteiger partial charge in [0.05, 0.1) is 45.6 Å². The van der Waals surface area contributed by atoms with Gasteiger partial charge in [0.2, 0.25) is 5.91 Å². The Balaban J connectivity index is 1.39. The number of hydrazone groups is 1. The number of hydrogen-bond acceptors (Lipinski definition) is 6. The highest BCUT2D eigenvalue weighted by atomic mass is 16.6. The minimum atomic E-state index is -0.250. The molecule has 2 unspecified atom stereocenters. The average molecular weight is 492 g/mol. The fourth-order valence-electron chi connectivity index (χ4n) is 5.30. The van der Waals surface area contributed by atoms with Crippen molar-refractivity contribution in [2.45, 2.75) is 25.9 Å². The second-order valence-corrected chi connectivity index (χ2v) is 9.70. The minimum absolute atomic E-state index is 0.0321. The zero-order valence-electron chi connectivity index (χ0n) is 20.9. The SMILES string of the molecule is COc1ccc(C2=NN(Cc3ccc(C[N+]4([O-])CCOCC4)cc3)C(=O)C3CC=CCC23)cc1OC. The number of quaternary nitrogens is 1.